The Morgan fingerprint density at radius 2 is 2.00 bits per heavy atom. The zero-order valence-corrected chi connectivity index (χ0v) is 13.3. The molecule has 1 saturated heterocycles. The second kappa shape index (κ2) is 8.27. The number of likely N-dealkylation sites (N-methyl/N-ethyl adjacent to an activating group) is 1. The molecule has 22 heavy (non-hydrogen) atoms. The summed E-state index contributed by atoms with van der Waals surface area (Å²) in [5, 5.41) is 0. The van der Waals surface area contributed by atoms with E-state index < -0.39 is 5.41 Å². The third kappa shape index (κ3) is 4.29. The van der Waals surface area contributed by atoms with Gasteiger partial charge in [-0.2, -0.15) is 0 Å². The van der Waals surface area contributed by atoms with Gasteiger partial charge < -0.3 is 20.1 Å². The van der Waals surface area contributed by atoms with Gasteiger partial charge in [-0.05, 0) is 18.4 Å². The highest BCUT2D eigenvalue weighted by Crippen LogP contribution is 2.31. The first-order valence-electron chi connectivity index (χ1n) is 7.83. The first-order chi connectivity index (χ1) is 10.7. The predicted octanol–water partition coefficient (Wildman–Crippen LogP) is 1.42. The lowest BCUT2D eigenvalue weighted by Gasteiger charge is -2.37. The molecule has 2 N–H and O–H groups in total. The fourth-order valence-corrected chi connectivity index (χ4v) is 2.74. The fourth-order valence-electron chi connectivity index (χ4n) is 2.74. The molecule has 122 valence electrons. The molecule has 0 unspecified atom stereocenters. The van der Waals surface area contributed by atoms with Crippen LogP contribution in [0.15, 0.2) is 30.3 Å². The van der Waals surface area contributed by atoms with Crippen molar-refractivity contribution >= 4 is 5.91 Å². The maximum Gasteiger partial charge on any atom is 0.230 e. The number of ether oxygens (including phenoxy) is 2. The maximum atomic E-state index is 12.7. The summed E-state index contributed by atoms with van der Waals surface area (Å²) in [5.41, 5.74) is 6.56. The predicted molar refractivity (Wildman–Crippen MR) is 85.3 cm³/mol. The van der Waals surface area contributed by atoms with Crippen molar-refractivity contribution < 1.29 is 14.3 Å². The van der Waals surface area contributed by atoms with Crippen LogP contribution in [-0.2, 0) is 20.9 Å². The Balaban J connectivity index is 1.76. The second-order valence-electron chi connectivity index (χ2n) is 5.86. The van der Waals surface area contributed by atoms with Crippen LogP contribution in [0.5, 0.6) is 0 Å². The van der Waals surface area contributed by atoms with Gasteiger partial charge in [0.05, 0.1) is 18.6 Å². The molecule has 1 aliphatic rings. The molecule has 0 atom stereocenters. The van der Waals surface area contributed by atoms with Crippen LogP contribution in [0.2, 0.25) is 0 Å². The van der Waals surface area contributed by atoms with Gasteiger partial charge in [0.25, 0.3) is 0 Å². The standard InChI is InChI=1S/C17H26N2O3/c1-19(9-12-22-13-15-5-3-2-4-6-15)16(20)17(14-18)7-10-21-11-8-17/h2-6H,7-14,18H2,1H3. The van der Waals surface area contributed by atoms with Crippen molar-refractivity contribution in [3.63, 3.8) is 0 Å². The Kier molecular flexibility index (Phi) is 6.36. The van der Waals surface area contributed by atoms with E-state index in [9.17, 15) is 4.79 Å². The van der Waals surface area contributed by atoms with Crippen LogP contribution in [-0.4, -0.2) is 50.8 Å². The highest BCUT2D eigenvalue weighted by molar-refractivity contribution is 5.83. The first-order valence-corrected chi connectivity index (χ1v) is 7.83. The Hall–Kier alpha value is -1.43. The molecule has 0 aromatic heterocycles. The van der Waals surface area contributed by atoms with Gasteiger partial charge >= 0.3 is 0 Å². The lowest BCUT2D eigenvalue weighted by atomic mass is 9.79. The summed E-state index contributed by atoms with van der Waals surface area (Å²) in [6, 6.07) is 10.0. The molecular formula is C17H26N2O3. The molecule has 1 heterocycles. The lowest BCUT2D eigenvalue weighted by Crippen LogP contribution is -2.50. The number of rotatable bonds is 7. The number of hydrogen-bond donors (Lipinski definition) is 1. The van der Waals surface area contributed by atoms with Crippen LogP contribution in [0.3, 0.4) is 0 Å². The average molecular weight is 306 g/mol. The van der Waals surface area contributed by atoms with Gasteiger partial charge in [0.15, 0.2) is 0 Å². The molecule has 5 nitrogen and oxygen atoms in total. The number of carbonyl (C=O) groups excluding carboxylic acids is 1. The fraction of sp³-hybridized carbons (Fsp3) is 0.588. The first kappa shape index (κ1) is 16.9. The molecule has 0 radical (unpaired) electrons. The zero-order valence-electron chi connectivity index (χ0n) is 13.3. The number of amides is 1. The van der Waals surface area contributed by atoms with E-state index in [2.05, 4.69) is 0 Å². The molecular weight excluding hydrogens is 280 g/mol. The van der Waals surface area contributed by atoms with E-state index in [1.54, 1.807) is 4.90 Å². The number of carbonyl (C=O) groups is 1. The van der Waals surface area contributed by atoms with E-state index in [0.717, 1.165) is 5.56 Å². The minimum absolute atomic E-state index is 0.113. The number of benzene rings is 1. The molecule has 1 aromatic carbocycles. The molecule has 1 aromatic rings. The minimum Gasteiger partial charge on any atom is -0.381 e. The van der Waals surface area contributed by atoms with Crippen LogP contribution in [0.25, 0.3) is 0 Å². The van der Waals surface area contributed by atoms with Crippen LogP contribution in [0.4, 0.5) is 0 Å². The largest absolute Gasteiger partial charge is 0.381 e. The summed E-state index contributed by atoms with van der Waals surface area (Å²) in [6.45, 7) is 3.27. The Labute approximate surface area is 132 Å². The molecule has 5 heteroatoms. The van der Waals surface area contributed by atoms with Crippen molar-refractivity contribution in [2.75, 3.05) is 40.0 Å². The van der Waals surface area contributed by atoms with Gasteiger partial charge in [0.2, 0.25) is 5.91 Å². The molecule has 1 fully saturated rings. The van der Waals surface area contributed by atoms with Crippen LogP contribution >= 0.6 is 0 Å². The summed E-state index contributed by atoms with van der Waals surface area (Å²) in [5.74, 6) is 0.113. The van der Waals surface area contributed by atoms with E-state index >= 15 is 0 Å². The summed E-state index contributed by atoms with van der Waals surface area (Å²) in [7, 11) is 1.82. The molecule has 0 spiro atoms. The third-order valence-electron chi connectivity index (χ3n) is 4.32. The van der Waals surface area contributed by atoms with Crippen molar-refractivity contribution in [2.24, 2.45) is 11.1 Å². The highest BCUT2D eigenvalue weighted by Gasteiger charge is 2.40. The van der Waals surface area contributed by atoms with Crippen LogP contribution in [0, 0.1) is 5.41 Å². The lowest BCUT2D eigenvalue weighted by molar-refractivity contribution is -0.146. The quantitative estimate of drug-likeness (QED) is 0.774. The summed E-state index contributed by atoms with van der Waals surface area (Å²) in [6.07, 6.45) is 1.41. The Bertz CT molecular complexity index is 458. The summed E-state index contributed by atoms with van der Waals surface area (Å²) < 4.78 is 11.0. The third-order valence-corrected chi connectivity index (χ3v) is 4.32. The van der Waals surface area contributed by atoms with Gasteiger partial charge in [-0.1, -0.05) is 30.3 Å². The molecule has 1 aliphatic heterocycles. The van der Waals surface area contributed by atoms with Crippen LogP contribution < -0.4 is 5.73 Å². The number of nitrogens with two attached hydrogens (primary N) is 1. The van der Waals surface area contributed by atoms with Gasteiger partial charge in [-0.15, -0.1) is 0 Å². The summed E-state index contributed by atoms with van der Waals surface area (Å²) >= 11 is 0. The van der Waals surface area contributed by atoms with Crippen molar-refractivity contribution in [3.05, 3.63) is 35.9 Å². The summed E-state index contributed by atoms with van der Waals surface area (Å²) in [4.78, 5) is 14.4. The monoisotopic (exact) mass is 306 g/mol. The molecule has 1 amide bonds. The molecule has 0 saturated carbocycles. The van der Waals surface area contributed by atoms with Crippen molar-refractivity contribution in [1.29, 1.82) is 0 Å². The van der Waals surface area contributed by atoms with Crippen molar-refractivity contribution in [1.82, 2.24) is 4.90 Å². The van der Waals surface area contributed by atoms with Gasteiger partial charge in [-0.25, -0.2) is 0 Å². The second-order valence-corrected chi connectivity index (χ2v) is 5.86. The normalized spacial score (nSPS) is 17.2. The Morgan fingerprint density at radius 3 is 2.64 bits per heavy atom. The van der Waals surface area contributed by atoms with Gasteiger partial charge in [-0.3, -0.25) is 4.79 Å². The number of nitrogens with zero attached hydrogens (tertiary/aromatic N) is 1. The zero-order chi connectivity index (χ0) is 15.8. The van der Waals surface area contributed by atoms with E-state index in [4.69, 9.17) is 15.2 Å². The average Bonchev–Trinajstić information content (AvgIpc) is 2.59. The number of hydrogen-bond acceptors (Lipinski definition) is 4. The molecule has 0 bridgehead atoms. The van der Waals surface area contributed by atoms with E-state index in [-0.39, 0.29) is 5.91 Å². The smallest absolute Gasteiger partial charge is 0.230 e. The molecule has 2 rings (SSSR count). The van der Waals surface area contributed by atoms with E-state index in [1.165, 1.54) is 0 Å². The van der Waals surface area contributed by atoms with Crippen molar-refractivity contribution in [3.8, 4) is 0 Å². The SMILES string of the molecule is CN(CCOCc1ccccc1)C(=O)C1(CN)CCOCC1. The minimum atomic E-state index is -0.452. The van der Waals surface area contributed by atoms with E-state index in [1.807, 2.05) is 37.4 Å². The van der Waals surface area contributed by atoms with Crippen molar-refractivity contribution in [2.45, 2.75) is 19.4 Å². The van der Waals surface area contributed by atoms with Gasteiger partial charge in [0, 0.05) is 33.4 Å². The van der Waals surface area contributed by atoms with Crippen LogP contribution in [0.1, 0.15) is 18.4 Å². The highest BCUT2D eigenvalue weighted by atomic mass is 16.5. The molecule has 0 aliphatic carbocycles. The Morgan fingerprint density at radius 1 is 1.32 bits per heavy atom. The topological polar surface area (TPSA) is 64.8 Å². The van der Waals surface area contributed by atoms with Gasteiger partial charge in [0.1, 0.15) is 0 Å². The van der Waals surface area contributed by atoms with E-state index in [0.29, 0.717) is 52.4 Å². The maximum absolute atomic E-state index is 12.7.